The van der Waals surface area contributed by atoms with Crippen molar-refractivity contribution in [3.63, 3.8) is 0 Å². The number of rotatable bonds is 2. The quantitative estimate of drug-likeness (QED) is 0.630. The molecule has 3 nitrogen and oxygen atoms in total. The second-order valence-electron chi connectivity index (χ2n) is 3.48. The first-order valence-corrected chi connectivity index (χ1v) is 4.73. The van der Waals surface area contributed by atoms with Gasteiger partial charge in [0.05, 0.1) is 0 Å². The van der Waals surface area contributed by atoms with E-state index in [0.29, 0.717) is 12.6 Å². The van der Waals surface area contributed by atoms with Gasteiger partial charge in [-0.15, -0.1) is 0 Å². The summed E-state index contributed by atoms with van der Waals surface area (Å²) in [6.07, 6.45) is 9.38. The van der Waals surface area contributed by atoms with Crippen molar-refractivity contribution >= 4 is 6.41 Å². The van der Waals surface area contributed by atoms with E-state index in [0.717, 1.165) is 13.0 Å². The van der Waals surface area contributed by atoms with Gasteiger partial charge in [-0.2, -0.15) is 0 Å². The molecule has 0 aliphatic carbocycles. The van der Waals surface area contributed by atoms with E-state index in [2.05, 4.69) is 11.4 Å². The molecule has 1 unspecified atom stereocenters. The summed E-state index contributed by atoms with van der Waals surface area (Å²) in [7, 11) is 0. The van der Waals surface area contributed by atoms with Gasteiger partial charge in [-0.25, -0.2) is 0 Å². The first-order valence-electron chi connectivity index (χ1n) is 4.73. The summed E-state index contributed by atoms with van der Waals surface area (Å²) in [5, 5.41) is 3.41. The Bertz CT molecular complexity index is 252. The summed E-state index contributed by atoms with van der Waals surface area (Å²) in [6.45, 7) is 1.80. The van der Waals surface area contributed by atoms with Gasteiger partial charge in [0.15, 0.2) is 0 Å². The van der Waals surface area contributed by atoms with Crippen LogP contribution in [-0.4, -0.2) is 30.4 Å². The van der Waals surface area contributed by atoms with Gasteiger partial charge in [0, 0.05) is 18.8 Å². The fourth-order valence-electron chi connectivity index (χ4n) is 1.85. The van der Waals surface area contributed by atoms with E-state index in [1.807, 2.05) is 12.3 Å². The van der Waals surface area contributed by atoms with Gasteiger partial charge < -0.3 is 10.2 Å². The number of amides is 1. The minimum Gasteiger partial charge on any atom is -0.317 e. The summed E-state index contributed by atoms with van der Waals surface area (Å²) in [6, 6.07) is 0.457. The molecule has 13 heavy (non-hydrogen) atoms. The van der Waals surface area contributed by atoms with Crippen LogP contribution in [0.4, 0.5) is 0 Å². The summed E-state index contributed by atoms with van der Waals surface area (Å²) in [4.78, 5) is 12.2. The fourth-order valence-corrected chi connectivity index (χ4v) is 1.85. The Morgan fingerprint density at radius 2 is 2.54 bits per heavy atom. The first-order chi connectivity index (χ1) is 6.40. The van der Waals surface area contributed by atoms with Crippen molar-refractivity contribution in [1.82, 2.24) is 10.2 Å². The molecule has 2 rings (SSSR count). The zero-order valence-corrected chi connectivity index (χ0v) is 7.57. The molecule has 3 heteroatoms. The van der Waals surface area contributed by atoms with Crippen LogP contribution >= 0.6 is 0 Å². The highest BCUT2D eigenvalue weighted by atomic mass is 16.1. The average Bonchev–Trinajstić information content (AvgIpc) is 2.71. The number of hydrogen-bond acceptors (Lipinski definition) is 2. The lowest BCUT2D eigenvalue weighted by Gasteiger charge is -2.20. The molecule has 2 aliphatic heterocycles. The Balaban J connectivity index is 2.08. The van der Waals surface area contributed by atoms with Crippen LogP contribution in [-0.2, 0) is 4.79 Å². The van der Waals surface area contributed by atoms with E-state index in [9.17, 15) is 4.79 Å². The topological polar surface area (TPSA) is 32.3 Å². The van der Waals surface area contributed by atoms with Crippen LogP contribution in [0, 0.1) is 0 Å². The number of hydrogen-bond donors (Lipinski definition) is 1. The Kier molecular flexibility index (Phi) is 2.45. The maximum Gasteiger partial charge on any atom is 0.213 e. The van der Waals surface area contributed by atoms with E-state index in [1.165, 1.54) is 18.4 Å². The number of carbonyl (C=O) groups is 1. The molecule has 0 saturated carbocycles. The van der Waals surface area contributed by atoms with E-state index < -0.39 is 0 Å². The second-order valence-corrected chi connectivity index (χ2v) is 3.48. The molecular formula is C10H14N2O. The number of carbonyl (C=O) groups excluding carboxylic acids is 1. The van der Waals surface area contributed by atoms with Gasteiger partial charge in [-0.3, -0.25) is 4.79 Å². The fraction of sp³-hybridized carbons (Fsp3) is 0.500. The standard InChI is InChI=1S/C10H14N2O/c13-8-12-6-2-3-9(7-12)10-4-1-5-11-10/h2-3,7-8,10-11H,1,4-6H2. The smallest absolute Gasteiger partial charge is 0.213 e. The Morgan fingerprint density at radius 3 is 3.23 bits per heavy atom. The van der Waals surface area contributed by atoms with Crippen molar-refractivity contribution in [3.8, 4) is 0 Å². The Labute approximate surface area is 78.1 Å². The molecule has 1 saturated heterocycles. The van der Waals surface area contributed by atoms with E-state index in [1.54, 1.807) is 4.90 Å². The van der Waals surface area contributed by atoms with Gasteiger partial charge in [0.2, 0.25) is 6.41 Å². The van der Waals surface area contributed by atoms with Crippen molar-refractivity contribution in [1.29, 1.82) is 0 Å². The maximum atomic E-state index is 10.5. The van der Waals surface area contributed by atoms with Crippen molar-refractivity contribution < 1.29 is 4.79 Å². The highest BCUT2D eigenvalue weighted by Crippen LogP contribution is 2.17. The molecule has 1 N–H and O–H groups in total. The summed E-state index contributed by atoms with van der Waals surface area (Å²) < 4.78 is 0. The normalized spacial score (nSPS) is 27.5. The molecule has 0 spiro atoms. The van der Waals surface area contributed by atoms with E-state index in [4.69, 9.17) is 0 Å². The average molecular weight is 178 g/mol. The molecule has 2 aliphatic rings. The van der Waals surface area contributed by atoms with Crippen molar-refractivity contribution in [2.24, 2.45) is 0 Å². The highest BCUT2D eigenvalue weighted by molar-refractivity contribution is 5.52. The third kappa shape index (κ3) is 1.80. The molecule has 0 radical (unpaired) electrons. The first kappa shape index (κ1) is 8.51. The summed E-state index contributed by atoms with van der Waals surface area (Å²) in [5.41, 5.74) is 1.23. The van der Waals surface area contributed by atoms with Crippen LogP contribution in [0.2, 0.25) is 0 Å². The van der Waals surface area contributed by atoms with Crippen molar-refractivity contribution in [2.75, 3.05) is 13.1 Å². The minimum atomic E-state index is 0.457. The predicted octanol–water partition coefficient (Wildman–Crippen LogP) is 0.650. The maximum absolute atomic E-state index is 10.5. The van der Waals surface area contributed by atoms with Crippen molar-refractivity contribution in [2.45, 2.75) is 18.9 Å². The van der Waals surface area contributed by atoms with E-state index in [-0.39, 0.29) is 0 Å². The molecular weight excluding hydrogens is 164 g/mol. The monoisotopic (exact) mass is 178 g/mol. The number of nitrogens with zero attached hydrogens (tertiary/aromatic N) is 1. The molecule has 0 aromatic heterocycles. The van der Waals surface area contributed by atoms with Crippen LogP contribution in [0.25, 0.3) is 0 Å². The Morgan fingerprint density at radius 1 is 1.62 bits per heavy atom. The molecule has 0 bridgehead atoms. The third-order valence-corrected chi connectivity index (χ3v) is 2.54. The lowest BCUT2D eigenvalue weighted by Crippen LogP contribution is -2.27. The largest absolute Gasteiger partial charge is 0.317 e. The predicted molar refractivity (Wildman–Crippen MR) is 51.0 cm³/mol. The second kappa shape index (κ2) is 3.75. The van der Waals surface area contributed by atoms with Crippen LogP contribution in [0.15, 0.2) is 23.9 Å². The minimum absolute atomic E-state index is 0.457. The van der Waals surface area contributed by atoms with Crippen LogP contribution in [0.1, 0.15) is 12.8 Å². The molecule has 0 aromatic rings. The van der Waals surface area contributed by atoms with E-state index >= 15 is 0 Å². The Hall–Kier alpha value is -1.09. The van der Waals surface area contributed by atoms with Gasteiger partial charge in [-0.05, 0) is 25.0 Å². The molecule has 1 atom stereocenters. The molecule has 2 heterocycles. The molecule has 1 amide bonds. The van der Waals surface area contributed by atoms with Crippen molar-refractivity contribution in [3.05, 3.63) is 23.9 Å². The zero-order valence-electron chi connectivity index (χ0n) is 7.57. The highest BCUT2D eigenvalue weighted by Gasteiger charge is 2.18. The molecule has 70 valence electrons. The van der Waals surface area contributed by atoms with Gasteiger partial charge in [-0.1, -0.05) is 12.2 Å². The molecule has 0 aromatic carbocycles. The molecule has 1 fully saturated rings. The lowest BCUT2D eigenvalue weighted by molar-refractivity contribution is -0.115. The summed E-state index contributed by atoms with van der Waals surface area (Å²) in [5.74, 6) is 0. The third-order valence-electron chi connectivity index (χ3n) is 2.54. The van der Waals surface area contributed by atoms with Crippen LogP contribution in [0.5, 0.6) is 0 Å². The number of nitrogens with one attached hydrogen (secondary N) is 1. The van der Waals surface area contributed by atoms with Gasteiger partial charge >= 0.3 is 0 Å². The van der Waals surface area contributed by atoms with Crippen LogP contribution in [0.3, 0.4) is 0 Å². The lowest BCUT2D eigenvalue weighted by atomic mass is 10.0. The summed E-state index contributed by atoms with van der Waals surface area (Å²) >= 11 is 0. The SMILES string of the molecule is O=CN1C=C(C2CCCN2)C=CC1. The zero-order chi connectivity index (χ0) is 9.10. The van der Waals surface area contributed by atoms with Gasteiger partial charge in [0.1, 0.15) is 0 Å². The van der Waals surface area contributed by atoms with Crippen LogP contribution < -0.4 is 5.32 Å². The van der Waals surface area contributed by atoms with Gasteiger partial charge in [0.25, 0.3) is 0 Å².